The average Bonchev–Trinajstić information content (AvgIpc) is 2.93. The van der Waals surface area contributed by atoms with Crippen LogP contribution in [0.1, 0.15) is 24.0 Å². The third kappa shape index (κ3) is 3.88. The summed E-state index contributed by atoms with van der Waals surface area (Å²) in [5, 5.41) is 10.0. The Morgan fingerprint density at radius 3 is 2.72 bits per heavy atom. The van der Waals surface area contributed by atoms with E-state index in [9.17, 15) is 9.18 Å². The molecule has 0 aliphatic rings. The van der Waals surface area contributed by atoms with Crippen molar-refractivity contribution in [1.29, 1.82) is 0 Å². The third-order valence-corrected chi connectivity index (χ3v) is 4.32. The summed E-state index contributed by atoms with van der Waals surface area (Å²) in [5.74, 6) is -1.14. The van der Waals surface area contributed by atoms with Gasteiger partial charge in [-0.25, -0.2) is 4.39 Å². The minimum Gasteiger partial charge on any atom is -0.481 e. The van der Waals surface area contributed by atoms with Gasteiger partial charge in [0.25, 0.3) is 0 Å². The highest BCUT2D eigenvalue weighted by Crippen LogP contribution is 2.32. The molecule has 2 aromatic carbocycles. The number of nitrogens with one attached hydrogen (secondary N) is 1. The summed E-state index contributed by atoms with van der Waals surface area (Å²) in [4.78, 5) is 14.4. The van der Waals surface area contributed by atoms with E-state index < -0.39 is 5.97 Å². The quantitative estimate of drug-likeness (QED) is 0.571. The van der Waals surface area contributed by atoms with Crippen molar-refractivity contribution in [2.24, 2.45) is 5.73 Å². The number of benzene rings is 2. The maximum Gasteiger partial charge on any atom is 0.307 e. The van der Waals surface area contributed by atoms with Gasteiger partial charge in [-0.05, 0) is 61.2 Å². The molecule has 0 aliphatic carbocycles. The van der Waals surface area contributed by atoms with E-state index in [4.69, 9.17) is 10.8 Å². The second-order valence-corrected chi connectivity index (χ2v) is 6.19. The highest BCUT2D eigenvalue weighted by molar-refractivity contribution is 5.91. The molecule has 0 atom stereocenters. The van der Waals surface area contributed by atoms with Crippen molar-refractivity contribution in [3.63, 3.8) is 0 Å². The Morgan fingerprint density at radius 1 is 1.16 bits per heavy atom. The Morgan fingerprint density at radius 2 is 2.00 bits per heavy atom. The third-order valence-electron chi connectivity index (χ3n) is 4.32. The summed E-state index contributed by atoms with van der Waals surface area (Å²) in [6.07, 6.45) is 2.62. The lowest BCUT2D eigenvalue weighted by molar-refractivity contribution is -0.136. The monoisotopic (exact) mass is 340 g/mol. The van der Waals surface area contributed by atoms with Crippen LogP contribution in [0.4, 0.5) is 4.39 Å². The Kier molecular flexibility index (Phi) is 5.14. The number of nitrogens with two attached hydrogens (primary N) is 1. The Bertz CT molecular complexity index is 902. The number of hydrogen-bond donors (Lipinski definition) is 3. The molecule has 0 unspecified atom stereocenters. The number of aromatic amines is 1. The van der Waals surface area contributed by atoms with Crippen LogP contribution < -0.4 is 5.73 Å². The summed E-state index contributed by atoms with van der Waals surface area (Å²) in [6.45, 7) is 0.627. The summed E-state index contributed by atoms with van der Waals surface area (Å²) < 4.78 is 13.7. The number of carboxylic acids is 1. The smallest absolute Gasteiger partial charge is 0.307 e. The summed E-state index contributed by atoms with van der Waals surface area (Å²) >= 11 is 0. The maximum absolute atomic E-state index is 13.7. The second kappa shape index (κ2) is 7.49. The highest BCUT2D eigenvalue weighted by atomic mass is 19.1. The molecule has 1 heterocycles. The van der Waals surface area contributed by atoms with E-state index in [1.165, 1.54) is 12.1 Å². The van der Waals surface area contributed by atoms with E-state index in [0.29, 0.717) is 6.54 Å². The molecule has 1 aromatic heterocycles. The van der Waals surface area contributed by atoms with E-state index in [0.717, 1.165) is 52.5 Å². The van der Waals surface area contributed by atoms with Crippen LogP contribution in [0.3, 0.4) is 0 Å². The number of aryl methyl sites for hydroxylation is 1. The van der Waals surface area contributed by atoms with Gasteiger partial charge >= 0.3 is 5.97 Å². The topological polar surface area (TPSA) is 79.1 Å². The van der Waals surface area contributed by atoms with Gasteiger partial charge in [0.2, 0.25) is 0 Å². The second-order valence-electron chi connectivity index (χ2n) is 6.19. The predicted octanol–water partition coefficient (Wildman–Crippen LogP) is 3.88. The molecular formula is C20H21FN2O2. The maximum atomic E-state index is 13.7. The van der Waals surface area contributed by atoms with Crippen LogP contribution in [0, 0.1) is 5.82 Å². The zero-order valence-corrected chi connectivity index (χ0v) is 13.9. The molecule has 5 heteroatoms. The number of rotatable bonds is 7. The Labute approximate surface area is 145 Å². The molecule has 0 spiro atoms. The molecule has 3 aromatic rings. The van der Waals surface area contributed by atoms with Gasteiger partial charge in [-0.15, -0.1) is 0 Å². The number of H-pyrrole nitrogens is 1. The van der Waals surface area contributed by atoms with Crippen molar-refractivity contribution >= 4 is 16.9 Å². The van der Waals surface area contributed by atoms with Gasteiger partial charge in [-0.3, -0.25) is 4.79 Å². The molecule has 4 N–H and O–H groups in total. The first-order valence-corrected chi connectivity index (χ1v) is 8.40. The van der Waals surface area contributed by atoms with Gasteiger partial charge < -0.3 is 15.8 Å². The molecule has 0 radical (unpaired) electrons. The Hall–Kier alpha value is -2.66. The van der Waals surface area contributed by atoms with Gasteiger partial charge in [0, 0.05) is 22.2 Å². The average molecular weight is 340 g/mol. The lowest BCUT2D eigenvalue weighted by Crippen LogP contribution is -2.00. The number of carboxylic acid groups (broad SMARTS) is 1. The van der Waals surface area contributed by atoms with Crippen LogP contribution >= 0.6 is 0 Å². The van der Waals surface area contributed by atoms with Crippen molar-refractivity contribution in [3.05, 3.63) is 59.4 Å². The number of aromatic nitrogens is 1. The van der Waals surface area contributed by atoms with Gasteiger partial charge in [0.15, 0.2) is 0 Å². The predicted molar refractivity (Wildman–Crippen MR) is 97.0 cm³/mol. The van der Waals surface area contributed by atoms with Crippen LogP contribution in [0.25, 0.3) is 22.2 Å². The lowest BCUT2D eigenvalue weighted by Gasteiger charge is -2.06. The van der Waals surface area contributed by atoms with Crippen LogP contribution in [-0.2, 0) is 17.6 Å². The first kappa shape index (κ1) is 17.2. The molecule has 0 bridgehead atoms. The number of fused-ring (bicyclic) bond motifs is 1. The molecule has 0 saturated carbocycles. The van der Waals surface area contributed by atoms with Gasteiger partial charge in [0.1, 0.15) is 5.82 Å². The SMILES string of the molecule is NCCCCc1c(-c2cccc(F)c2)[nH]c2ccc(CC(=O)O)cc12. The highest BCUT2D eigenvalue weighted by Gasteiger charge is 2.14. The fourth-order valence-electron chi connectivity index (χ4n) is 3.18. The fraction of sp³-hybridized carbons (Fsp3) is 0.250. The van der Waals surface area contributed by atoms with Crippen LogP contribution in [0.15, 0.2) is 42.5 Å². The first-order chi connectivity index (χ1) is 12.1. The van der Waals surface area contributed by atoms with E-state index in [1.807, 2.05) is 24.3 Å². The van der Waals surface area contributed by atoms with E-state index in [2.05, 4.69) is 4.98 Å². The molecule has 0 aliphatic heterocycles. The van der Waals surface area contributed by atoms with Crippen molar-refractivity contribution in [2.45, 2.75) is 25.7 Å². The van der Waals surface area contributed by atoms with Gasteiger partial charge in [-0.1, -0.05) is 18.2 Å². The number of carbonyl (C=O) groups is 1. The lowest BCUT2D eigenvalue weighted by atomic mass is 9.99. The minimum absolute atomic E-state index is 0.0152. The minimum atomic E-state index is -0.857. The number of halogens is 1. The number of hydrogen-bond acceptors (Lipinski definition) is 2. The standard InChI is InChI=1S/C20H21FN2O2/c21-15-5-3-4-14(12-15)20-16(6-1-2-9-22)17-10-13(11-19(24)25)7-8-18(17)23-20/h3-5,7-8,10,12,23H,1-2,6,9,11,22H2,(H,24,25). The molecule has 0 saturated heterocycles. The molecule has 25 heavy (non-hydrogen) atoms. The van der Waals surface area contributed by atoms with Crippen molar-refractivity contribution in [1.82, 2.24) is 4.98 Å². The van der Waals surface area contributed by atoms with Crippen molar-refractivity contribution in [3.8, 4) is 11.3 Å². The van der Waals surface area contributed by atoms with Gasteiger partial charge in [-0.2, -0.15) is 0 Å². The zero-order chi connectivity index (χ0) is 17.8. The van der Waals surface area contributed by atoms with Crippen molar-refractivity contribution < 1.29 is 14.3 Å². The Balaban J connectivity index is 2.10. The van der Waals surface area contributed by atoms with Crippen LogP contribution in [0.5, 0.6) is 0 Å². The molecule has 0 amide bonds. The molecule has 3 rings (SSSR count). The zero-order valence-electron chi connectivity index (χ0n) is 13.9. The van der Waals surface area contributed by atoms with Gasteiger partial charge in [0.05, 0.1) is 6.42 Å². The van der Waals surface area contributed by atoms with Crippen LogP contribution in [0.2, 0.25) is 0 Å². The van der Waals surface area contributed by atoms with Crippen molar-refractivity contribution in [2.75, 3.05) is 6.54 Å². The van der Waals surface area contributed by atoms with Crippen LogP contribution in [-0.4, -0.2) is 22.6 Å². The molecule has 4 nitrogen and oxygen atoms in total. The molecular weight excluding hydrogens is 319 g/mol. The van der Waals surface area contributed by atoms with E-state index in [-0.39, 0.29) is 12.2 Å². The normalized spacial score (nSPS) is 11.1. The number of aliphatic carboxylic acids is 1. The van der Waals surface area contributed by atoms with E-state index in [1.54, 1.807) is 6.07 Å². The summed E-state index contributed by atoms with van der Waals surface area (Å²) in [6, 6.07) is 12.1. The largest absolute Gasteiger partial charge is 0.481 e. The van der Waals surface area contributed by atoms with E-state index >= 15 is 0 Å². The molecule has 130 valence electrons. The number of unbranched alkanes of at least 4 members (excludes halogenated alkanes) is 1. The fourth-order valence-corrected chi connectivity index (χ4v) is 3.18. The summed E-state index contributed by atoms with van der Waals surface area (Å²) in [5.41, 5.74) is 10.1. The first-order valence-electron chi connectivity index (χ1n) is 8.40. The molecule has 0 fully saturated rings. The summed E-state index contributed by atoms with van der Waals surface area (Å²) in [7, 11) is 0.